The Balaban J connectivity index is 2.03. The molecule has 5 nitrogen and oxygen atoms in total. The van der Waals surface area contributed by atoms with Crippen LogP contribution in [0.3, 0.4) is 0 Å². The van der Waals surface area contributed by atoms with E-state index in [1.165, 1.54) is 0 Å². The fourth-order valence-electron chi connectivity index (χ4n) is 3.07. The Morgan fingerprint density at radius 2 is 1.81 bits per heavy atom. The second kappa shape index (κ2) is 7.58. The van der Waals surface area contributed by atoms with Crippen LogP contribution < -0.4 is 5.43 Å². The fraction of sp³-hybridized carbons (Fsp3) is 0.227. The average Bonchev–Trinajstić information content (AvgIpc) is 2.65. The van der Waals surface area contributed by atoms with E-state index < -0.39 is 0 Å². The number of fused-ring (bicyclic) bond motifs is 1. The molecule has 0 spiro atoms. The molecule has 1 heterocycles. The fourth-order valence-corrected chi connectivity index (χ4v) is 3.07. The van der Waals surface area contributed by atoms with Crippen molar-refractivity contribution in [2.45, 2.75) is 20.4 Å². The highest BCUT2D eigenvalue weighted by Crippen LogP contribution is 2.14. The van der Waals surface area contributed by atoms with Crippen molar-refractivity contribution in [3.05, 3.63) is 87.7 Å². The Morgan fingerprint density at radius 3 is 2.48 bits per heavy atom. The average molecular weight is 361 g/mol. The van der Waals surface area contributed by atoms with Gasteiger partial charge in [-0.2, -0.15) is 5.10 Å². The van der Waals surface area contributed by atoms with Crippen LogP contribution in [0.2, 0.25) is 0 Å². The highest BCUT2D eigenvalue weighted by Gasteiger charge is 2.22. The van der Waals surface area contributed by atoms with E-state index in [4.69, 9.17) is 0 Å². The van der Waals surface area contributed by atoms with Gasteiger partial charge in [-0.3, -0.25) is 14.3 Å². The van der Waals surface area contributed by atoms with Crippen LogP contribution >= 0.6 is 0 Å². The van der Waals surface area contributed by atoms with Crippen molar-refractivity contribution in [1.82, 2.24) is 14.7 Å². The summed E-state index contributed by atoms with van der Waals surface area (Å²) in [6.45, 7) is 8.40. The Kier molecular flexibility index (Phi) is 5.21. The number of rotatable bonds is 5. The van der Waals surface area contributed by atoms with E-state index in [0.29, 0.717) is 24.0 Å². The quantitative estimate of drug-likeness (QED) is 0.655. The molecular weight excluding hydrogens is 338 g/mol. The smallest absolute Gasteiger partial charge is 0.278 e. The second-order valence-corrected chi connectivity index (χ2v) is 6.78. The zero-order valence-corrected chi connectivity index (χ0v) is 15.9. The van der Waals surface area contributed by atoms with Gasteiger partial charge in [-0.25, -0.2) is 0 Å². The molecule has 5 heteroatoms. The third-order valence-electron chi connectivity index (χ3n) is 4.54. The molecule has 0 aliphatic rings. The van der Waals surface area contributed by atoms with E-state index in [1.54, 1.807) is 28.8 Å². The van der Waals surface area contributed by atoms with Crippen LogP contribution in [0.25, 0.3) is 10.9 Å². The normalized spacial score (nSPS) is 10.8. The molecule has 0 atom stereocenters. The number of nitrogens with zero attached hydrogens (tertiary/aromatic N) is 3. The minimum atomic E-state index is -0.389. The standard InChI is InChI=1S/C22H23N3O2/c1-5-12-25(14-17-9-6-15(2)7-10-17)22(27)20-21(26)18-13-16(3)8-11-19(18)24(4)23-20/h5-11,13H,1,12,14H2,2-4H3. The minimum Gasteiger partial charge on any atom is -0.329 e. The van der Waals surface area contributed by atoms with Crippen LogP contribution in [0.1, 0.15) is 27.2 Å². The van der Waals surface area contributed by atoms with Gasteiger partial charge in [-0.1, -0.05) is 47.5 Å². The molecule has 0 saturated heterocycles. The number of carbonyl (C=O) groups is 1. The van der Waals surface area contributed by atoms with Crippen LogP contribution in [0.5, 0.6) is 0 Å². The molecule has 2 aromatic carbocycles. The van der Waals surface area contributed by atoms with Crippen molar-refractivity contribution in [3.63, 3.8) is 0 Å². The molecule has 0 saturated carbocycles. The molecule has 138 valence electrons. The lowest BCUT2D eigenvalue weighted by molar-refractivity contribution is 0.0753. The van der Waals surface area contributed by atoms with E-state index in [1.807, 2.05) is 50.2 Å². The highest BCUT2D eigenvalue weighted by atomic mass is 16.2. The van der Waals surface area contributed by atoms with E-state index >= 15 is 0 Å². The SMILES string of the molecule is C=CCN(Cc1ccc(C)cc1)C(=O)c1nn(C)c2ccc(C)cc2c1=O. The molecule has 0 radical (unpaired) electrons. The van der Waals surface area contributed by atoms with Gasteiger partial charge in [0.25, 0.3) is 5.91 Å². The first kappa shape index (κ1) is 18.6. The molecule has 0 unspecified atom stereocenters. The lowest BCUT2D eigenvalue weighted by atomic mass is 10.1. The molecule has 3 rings (SSSR count). The maximum Gasteiger partial charge on any atom is 0.278 e. The molecule has 0 fully saturated rings. The van der Waals surface area contributed by atoms with Gasteiger partial charge in [0.05, 0.1) is 10.9 Å². The number of hydrogen-bond acceptors (Lipinski definition) is 3. The van der Waals surface area contributed by atoms with Crippen molar-refractivity contribution in [1.29, 1.82) is 0 Å². The van der Waals surface area contributed by atoms with Gasteiger partial charge in [-0.05, 0) is 31.5 Å². The lowest BCUT2D eigenvalue weighted by Crippen LogP contribution is -2.36. The Morgan fingerprint density at radius 1 is 1.15 bits per heavy atom. The van der Waals surface area contributed by atoms with Gasteiger partial charge >= 0.3 is 0 Å². The van der Waals surface area contributed by atoms with Gasteiger partial charge in [0.15, 0.2) is 5.69 Å². The summed E-state index contributed by atoms with van der Waals surface area (Å²) in [7, 11) is 1.74. The van der Waals surface area contributed by atoms with Crippen LogP contribution in [-0.2, 0) is 13.6 Å². The first-order chi connectivity index (χ1) is 12.9. The zero-order valence-electron chi connectivity index (χ0n) is 15.9. The maximum absolute atomic E-state index is 13.1. The molecule has 0 N–H and O–H groups in total. The van der Waals surface area contributed by atoms with Gasteiger partial charge < -0.3 is 4.90 Å². The van der Waals surface area contributed by atoms with Crippen molar-refractivity contribution in [3.8, 4) is 0 Å². The largest absolute Gasteiger partial charge is 0.329 e. The minimum absolute atomic E-state index is 0.0652. The maximum atomic E-state index is 13.1. The summed E-state index contributed by atoms with van der Waals surface area (Å²) in [6, 6.07) is 13.5. The van der Waals surface area contributed by atoms with Crippen LogP contribution in [0.15, 0.2) is 59.9 Å². The molecule has 0 aliphatic heterocycles. The third-order valence-corrected chi connectivity index (χ3v) is 4.54. The first-order valence-corrected chi connectivity index (χ1v) is 8.84. The number of amides is 1. The molecule has 1 amide bonds. The summed E-state index contributed by atoms with van der Waals surface area (Å²) in [4.78, 5) is 27.6. The molecule has 3 aromatic rings. The monoisotopic (exact) mass is 361 g/mol. The number of aromatic nitrogens is 2. The van der Waals surface area contributed by atoms with Crippen LogP contribution in [0, 0.1) is 13.8 Å². The summed E-state index contributed by atoms with van der Waals surface area (Å²) in [5.41, 5.74) is 3.41. The van der Waals surface area contributed by atoms with Crippen LogP contribution in [0.4, 0.5) is 0 Å². The molecule has 1 aromatic heterocycles. The third kappa shape index (κ3) is 3.82. The lowest BCUT2D eigenvalue weighted by Gasteiger charge is -2.21. The van der Waals surface area contributed by atoms with E-state index in [0.717, 1.165) is 16.7 Å². The van der Waals surface area contributed by atoms with E-state index in [-0.39, 0.29) is 17.0 Å². The van der Waals surface area contributed by atoms with E-state index in [2.05, 4.69) is 11.7 Å². The summed E-state index contributed by atoms with van der Waals surface area (Å²) < 4.78 is 1.58. The summed E-state index contributed by atoms with van der Waals surface area (Å²) >= 11 is 0. The van der Waals surface area contributed by atoms with Gasteiger partial charge in [-0.15, -0.1) is 6.58 Å². The highest BCUT2D eigenvalue weighted by molar-refractivity contribution is 5.95. The molecule has 0 aliphatic carbocycles. The predicted octanol–water partition coefficient (Wildman–Crippen LogP) is 3.38. The molecule has 27 heavy (non-hydrogen) atoms. The van der Waals surface area contributed by atoms with Crippen molar-refractivity contribution < 1.29 is 4.79 Å². The molecule has 0 bridgehead atoms. The van der Waals surface area contributed by atoms with Crippen molar-refractivity contribution >= 4 is 16.8 Å². The Bertz CT molecular complexity index is 1070. The second-order valence-electron chi connectivity index (χ2n) is 6.78. The summed E-state index contributed by atoms with van der Waals surface area (Å²) in [6.07, 6.45) is 1.65. The predicted molar refractivity (Wildman–Crippen MR) is 108 cm³/mol. The number of benzene rings is 2. The summed E-state index contributed by atoms with van der Waals surface area (Å²) in [5, 5.41) is 4.77. The van der Waals surface area contributed by atoms with Gasteiger partial charge in [0.1, 0.15) is 0 Å². The van der Waals surface area contributed by atoms with Crippen molar-refractivity contribution in [2.75, 3.05) is 6.54 Å². The topological polar surface area (TPSA) is 55.2 Å². The summed E-state index contributed by atoms with van der Waals surface area (Å²) in [5.74, 6) is -0.389. The number of carbonyl (C=O) groups excluding carboxylic acids is 1. The Hall–Kier alpha value is -3.21. The molecular formula is C22H23N3O2. The van der Waals surface area contributed by atoms with E-state index in [9.17, 15) is 9.59 Å². The van der Waals surface area contributed by atoms with Gasteiger partial charge in [0.2, 0.25) is 5.43 Å². The van der Waals surface area contributed by atoms with Gasteiger partial charge in [0, 0.05) is 20.1 Å². The van der Waals surface area contributed by atoms with Crippen molar-refractivity contribution in [2.24, 2.45) is 7.05 Å². The zero-order chi connectivity index (χ0) is 19.6. The first-order valence-electron chi connectivity index (χ1n) is 8.84. The van der Waals surface area contributed by atoms with Crippen LogP contribution in [-0.4, -0.2) is 27.1 Å². The number of aryl methyl sites for hydroxylation is 3. The Labute approximate surface area is 158 Å². The number of hydrogen-bond donors (Lipinski definition) is 0.